The van der Waals surface area contributed by atoms with Gasteiger partial charge < -0.3 is 15.2 Å². The van der Waals surface area contributed by atoms with Gasteiger partial charge in [-0.05, 0) is 25.1 Å². The van der Waals surface area contributed by atoms with Crippen LogP contribution >= 0.6 is 0 Å². The molecule has 0 spiro atoms. The molecule has 0 aromatic heterocycles. The van der Waals surface area contributed by atoms with Gasteiger partial charge in [0.25, 0.3) is 0 Å². The quantitative estimate of drug-likeness (QED) is 0.859. The van der Waals surface area contributed by atoms with E-state index in [0.29, 0.717) is 29.5 Å². The Morgan fingerprint density at radius 1 is 1.05 bits per heavy atom. The van der Waals surface area contributed by atoms with Gasteiger partial charge in [-0.2, -0.15) is 0 Å². The van der Waals surface area contributed by atoms with Crippen LogP contribution in [-0.2, 0) is 9.84 Å². The van der Waals surface area contributed by atoms with E-state index in [1.54, 1.807) is 30.3 Å². The first-order chi connectivity index (χ1) is 9.88. The van der Waals surface area contributed by atoms with E-state index >= 15 is 0 Å². The van der Waals surface area contributed by atoms with Crippen LogP contribution in [0.4, 0.5) is 5.69 Å². The largest absolute Gasteiger partial charge is 0.494 e. The first-order valence-electron chi connectivity index (χ1n) is 6.40. The topological polar surface area (TPSA) is 78.6 Å². The van der Waals surface area contributed by atoms with E-state index in [1.165, 1.54) is 12.1 Å². The van der Waals surface area contributed by atoms with Crippen molar-refractivity contribution >= 4 is 15.5 Å². The van der Waals surface area contributed by atoms with Gasteiger partial charge in [0.15, 0.2) is 9.84 Å². The molecule has 5 nitrogen and oxygen atoms in total. The number of hydrogen-bond acceptors (Lipinski definition) is 5. The molecule has 0 aliphatic carbocycles. The van der Waals surface area contributed by atoms with Crippen LogP contribution in [0.2, 0.25) is 0 Å². The monoisotopic (exact) mass is 307 g/mol. The highest BCUT2D eigenvalue weighted by molar-refractivity contribution is 7.90. The molecule has 2 aromatic rings. The minimum atomic E-state index is -3.27. The van der Waals surface area contributed by atoms with E-state index < -0.39 is 9.84 Å². The van der Waals surface area contributed by atoms with Crippen LogP contribution in [0.25, 0.3) is 0 Å². The lowest BCUT2D eigenvalue weighted by Gasteiger charge is -2.10. The molecule has 0 aliphatic rings. The van der Waals surface area contributed by atoms with Crippen molar-refractivity contribution in [1.82, 2.24) is 0 Å². The van der Waals surface area contributed by atoms with Crippen LogP contribution in [0.5, 0.6) is 17.2 Å². The summed E-state index contributed by atoms with van der Waals surface area (Å²) in [7, 11) is -3.27. The fourth-order valence-electron chi connectivity index (χ4n) is 1.81. The fraction of sp³-hybridized carbons (Fsp3) is 0.200. The summed E-state index contributed by atoms with van der Waals surface area (Å²) in [5.41, 5.74) is 6.30. The molecule has 0 saturated carbocycles. The standard InChI is InChI=1S/C15H17NO4S/c1-3-19-13-7-11(16)8-14(9-13)20-12-5-4-6-15(10-12)21(2,17)18/h4-10H,3,16H2,1-2H3. The summed E-state index contributed by atoms with van der Waals surface area (Å²) >= 11 is 0. The summed E-state index contributed by atoms with van der Waals surface area (Å²) < 4.78 is 34.1. The summed E-state index contributed by atoms with van der Waals surface area (Å²) in [6, 6.07) is 11.3. The molecule has 2 N–H and O–H groups in total. The van der Waals surface area contributed by atoms with Crippen molar-refractivity contribution in [2.45, 2.75) is 11.8 Å². The maximum Gasteiger partial charge on any atom is 0.175 e. The Labute approximate surface area is 124 Å². The lowest BCUT2D eigenvalue weighted by Crippen LogP contribution is -1.97. The van der Waals surface area contributed by atoms with Crippen molar-refractivity contribution in [3.05, 3.63) is 42.5 Å². The highest BCUT2D eigenvalue weighted by atomic mass is 32.2. The smallest absolute Gasteiger partial charge is 0.175 e. The highest BCUT2D eigenvalue weighted by Crippen LogP contribution is 2.29. The molecular formula is C15H17NO4S. The third kappa shape index (κ3) is 4.13. The molecule has 2 aromatic carbocycles. The molecule has 2 rings (SSSR count). The Hall–Kier alpha value is -2.21. The Balaban J connectivity index is 2.30. The van der Waals surface area contributed by atoms with Crippen molar-refractivity contribution in [2.75, 3.05) is 18.6 Å². The molecule has 0 aliphatic heterocycles. The second-order valence-electron chi connectivity index (χ2n) is 4.52. The van der Waals surface area contributed by atoms with Crippen LogP contribution in [0, 0.1) is 0 Å². The molecule has 6 heteroatoms. The van der Waals surface area contributed by atoms with E-state index in [-0.39, 0.29) is 4.90 Å². The van der Waals surface area contributed by atoms with E-state index in [1.807, 2.05) is 6.92 Å². The number of ether oxygens (including phenoxy) is 2. The molecule has 0 fully saturated rings. The van der Waals surface area contributed by atoms with Gasteiger partial charge in [0.05, 0.1) is 11.5 Å². The van der Waals surface area contributed by atoms with Gasteiger partial charge in [-0.15, -0.1) is 0 Å². The summed E-state index contributed by atoms with van der Waals surface area (Å²) in [4.78, 5) is 0.203. The highest BCUT2D eigenvalue weighted by Gasteiger charge is 2.09. The summed E-state index contributed by atoms with van der Waals surface area (Å²) in [6.07, 6.45) is 1.15. The van der Waals surface area contributed by atoms with Crippen LogP contribution in [0.15, 0.2) is 47.4 Å². The molecular weight excluding hydrogens is 290 g/mol. The van der Waals surface area contributed by atoms with Crippen molar-refractivity contribution < 1.29 is 17.9 Å². The van der Waals surface area contributed by atoms with Gasteiger partial charge >= 0.3 is 0 Å². The number of anilines is 1. The van der Waals surface area contributed by atoms with E-state index in [4.69, 9.17) is 15.2 Å². The van der Waals surface area contributed by atoms with Crippen molar-refractivity contribution in [3.8, 4) is 17.2 Å². The average Bonchev–Trinajstić information content (AvgIpc) is 2.37. The molecule has 0 amide bonds. The summed E-state index contributed by atoms with van der Waals surface area (Å²) in [5.74, 6) is 1.52. The number of benzene rings is 2. The van der Waals surface area contributed by atoms with Crippen LogP contribution < -0.4 is 15.2 Å². The third-order valence-electron chi connectivity index (χ3n) is 2.68. The van der Waals surface area contributed by atoms with Crippen molar-refractivity contribution in [1.29, 1.82) is 0 Å². The van der Waals surface area contributed by atoms with E-state index in [9.17, 15) is 8.42 Å². The minimum Gasteiger partial charge on any atom is -0.494 e. The van der Waals surface area contributed by atoms with Crippen LogP contribution in [0.1, 0.15) is 6.92 Å². The molecule has 0 bridgehead atoms. The Morgan fingerprint density at radius 2 is 1.76 bits per heavy atom. The lowest BCUT2D eigenvalue weighted by atomic mass is 10.3. The SMILES string of the molecule is CCOc1cc(N)cc(Oc2cccc(S(C)(=O)=O)c2)c1. The number of nitrogens with two attached hydrogens (primary N) is 1. The molecule has 21 heavy (non-hydrogen) atoms. The number of nitrogen functional groups attached to an aromatic ring is 1. The van der Waals surface area contributed by atoms with E-state index in [0.717, 1.165) is 6.26 Å². The maximum atomic E-state index is 11.5. The van der Waals surface area contributed by atoms with E-state index in [2.05, 4.69) is 0 Å². The first-order valence-corrected chi connectivity index (χ1v) is 8.29. The van der Waals surface area contributed by atoms with Gasteiger partial charge in [-0.25, -0.2) is 8.42 Å². The Bertz CT molecular complexity index is 741. The molecule has 112 valence electrons. The Morgan fingerprint density at radius 3 is 2.43 bits per heavy atom. The predicted octanol–water partition coefficient (Wildman–Crippen LogP) is 2.86. The first kappa shape index (κ1) is 15.2. The zero-order valence-electron chi connectivity index (χ0n) is 11.9. The predicted molar refractivity (Wildman–Crippen MR) is 81.6 cm³/mol. The molecule has 0 heterocycles. The number of rotatable bonds is 5. The van der Waals surface area contributed by atoms with Gasteiger partial charge in [-0.3, -0.25) is 0 Å². The number of hydrogen-bond donors (Lipinski definition) is 1. The summed E-state index contributed by atoms with van der Waals surface area (Å²) in [5, 5.41) is 0. The van der Waals surface area contributed by atoms with Gasteiger partial charge in [0.1, 0.15) is 17.2 Å². The fourth-order valence-corrected chi connectivity index (χ4v) is 2.46. The Kier molecular flexibility index (Phi) is 4.37. The van der Waals surface area contributed by atoms with Gasteiger partial charge in [-0.1, -0.05) is 6.07 Å². The maximum absolute atomic E-state index is 11.5. The van der Waals surface area contributed by atoms with Gasteiger partial charge in [0, 0.05) is 30.1 Å². The second kappa shape index (κ2) is 6.05. The zero-order valence-corrected chi connectivity index (χ0v) is 12.7. The van der Waals surface area contributed by atoms with Crippen molar-refractivity contribution in [2.24, 2.45) is 0 Å². The molecule has 0 radical (unpaired) electrons. The lowest BCUT2D eigenvalue weighted by molar-refractivity contribution is 0.338. The van der Waals surface area contributed by atoms with Crippen LogP contribution in [0.3, 0.4) is 0 Å². The normalized spacial score (nSPS) is 11.1. The third-order valence-corrected chi connectivity index (χ3v) is 3.79. The minimum absolute atomic E-state index is 0.203. The average molecular weight is 307 g/mol. The molecule has 0 atom stereocenters. The number of sulfone groups is 1. The summed E-state index contributed by atoms with van der Waals surface area (Å²) in [6.45, 7) is 2.39. The molecule has 0 unspecified atom stereocenters. The van der Waals surface area contributed by atoms with Crippen molar-refractivity contribution in [3.63, 3.8) is 0 Å². The molecule has 0 saturated heterocycles. The zero-order chi connectivity index (χ0) is 15.5. The van der Waals surface area contributed by atoms with Crippen LogP contribution in [-0.4, -0.2) is 21.3 Å². The van der Waals surface area contributed by atoms with Gasteiger partial charge in [0.2, 0.25) is 0 Å². The second-order valence-corrected chi connectivity index (χ2v) is 6.54.